The third-order valence-corrected chi connectivity index (χ3v) is 5.53. The SMILES string of the molecule is CC/C(=C(/c1ccc(C=CC(=O)O)cc1)c1ccc2[nH]ncc2c1)c1ccccc1Cl. The molecule has 0 saturated carbocycles. The number of aromatic amines is 1. The van der Waals surface area contributed by atoms with Crippen LogP contribution in [-0.4, -0.2) is 21.3 Å². The lowest BCUT2D eigenvalue weighted by atomic mass is 9.87. The summed E-state index contributed by atoms with van der Waals surface area (Å²) in [6.45, 7) is 2.12. The summed E-state index contributed by atoms with van der Waals surface area (Å²) in [5, 5.41) is 17.8. The minimum Gasteiger partial charge on any atom is -0.478 e. The van der Waals surface area contributed by atoms with Crippen LogP contribution in [-0.2, 0) is 4.79 Å². The number of hydrogen-bond donors (Lipinski definition) is 2. The molecule has 0 aliphatic carbocycles. The molecule has 4 rings (SSSR count). The van der Waals surface area contributed by atoms with Crippen molar-refractivity contribution < 1.29 is 9.90 Å². The molecule has 2 N–H and O–H groups in total. The van der Waals surface area contributed by atoms with Crippen molar-refractivity contribution in [3.8, 4) is 0 Å². The lowest BCUT2D eigenvalue weighted by Crippen LogP contribution is -1.96. The summed E-state index contributed by atoms with van der Waals surface area (Å²) in [7, 11) is 0. The summed E-state index contributed by atoms with van der Waals surface area (Å²) in [6.07, 6.45) is 5.34. The number of H-pyrrole nitrogens is 1. The Morgan fingerprint density at radius 3 is 2.52 bits per heavy atom. The molecule has 0 amide bonds. The minimum absolute atomic E-state index is 0.710. The minimum atomic E-state index is -0.968. The average Bonchev–Trinajstić information content (AvgIpc) is 3.25. The van der Waals surface area contributed by atoms with Crippen molar-refractivity contribution in [2.45, 2.75) is 13.3 Å². The number of aromatic nitrogens is 2. The van der Waals surface area contributed by atoms with Crippen molar-refractivity contribution in [1.29, 1.82) is 0 Å². The first-order chi connectivity index (χ1) is 15.1. The number of carboxylic acid groups (broad SMARTS) is 1. The van der Waals surface area contributed by atoms with Crippen LogP contribution in [0.15, 0.2) is 79.0 Å². The maximum absolute atomic E-state index is 10.8. The molecular weight excluding hydrogens is 408 g/mol. The van der Waals surface area contributed by atoms with E-state index in [4.69, 9.17) is 16.7 Å². The molecule has 0 aliphatic heterocycles. The molecule has 0 aliphatic rings. The number of rotatable bonds is 6. The van der Waals surface area contributed by atoms with E-state index in [2.05, 4.69) is 29.3 Å². The summed E-state index contributed by atoms with van der Waals surface area (Å²) < 4.78 is 0. The predicted molar refractivity (Wildman–Crippen MR) is 127 cm³/mol. The third-order valence-electron chi connectivity index (χ3n) is 5.20. The molecule has 4 nitrogen and oxygen atoms in total. The molecule has 31 heavy (non-hydrogen) atoms. The second-order valence-corrected chi connectivity index (χ2v) is 7.56. The van der Waals surface area contributed by atoms with Gasteiger partial charge in [-0.2, -0.15) is 5.10 Å². The Labute approximate surface area is 185 Å². The van der Waals surface area contributed by atoms with Crippen molar-refractivity contribution >= 4 is 45.7 Å². The van der Waals surface area contributed by atoms with E-state index in [-0.39, 0.29) is 0 Å². The lowest BCUT2D eigenvalue weighted by molar-refractivity contribution is -0.131. The number of benzene rings is 3. The van der Waals surface area contributed by atoms with Crippen molar-refractivity contribution in [3.63, 3.8) is 0 Å². The van der Waals surface area contributed by atoms with Crippen molar-refractivity contribution in [2.24, 2.45) is 0 Å². The monoisotopic (exact) mass is 428 g/mol. The van der Waals surface area contributed by atoms with E-state index < -0.39 is 5.97 Å². The van der Waals surface area contributed by atoms with Gasteiger partial charge in [-0.1, -0.05) is 67.1 Å². The highest BCUT2D eigenvalue weighted by Crippen LogP contribution is 2.37. The molecule has 0 spiro atoms. The molecule has 3 aromatic carbocycles. The van der Waals surface area contributed by atoms with E-state index in [1.807, 2.05) is 60.8 Å². The molecule has 0 saturated heterocycles. The summed E-state index contributed by atoms with van der Waals surface area (Å²) >= 11 is 6.58. The quantitative estimate of drug-likeness (QED) is 0.266. The molecule has 0 bridgehead atoms. The fourth-order valence-corrected chi connectivity index (χ4v) is 4.00. The third kappa shape index (κ3) is 4.44. The first-order valence-corrected chi connectivity index (χ1v) is 10.4. The second kappa shape index (κ2) is 9.02. The van der Waals surface area contributed by atoms with Gasteiger partial charge in [-0.15, -0.1) is 0 Å². The van der Waals surface area contributed by atoms with Gasteiger partial charge in [-0.3, -0.25) is 5.10 Å². The topological polar surface area (TPSA) is 66.0 Å². The summed E-state index contributed by atoms with van der Waals surface area (Å²) in [5.74, 6) is -0.968. The molecule has 0 unspecified atom stereocenters. The van der Waals surface area contributed by atoms with Crippen molar-refractivity contribution in [1.82, 2.24) is 10.2 Å². The van der Waals surface area contributed by atoms with Crippen LogP contribution in [0.4, 0.5) is 0 Å². The smallest absolute Gasteiger partial charge is 0.328 e. The van der Waals surface area contributed by atoms with Gasteiger partial charge in [0.1, 0.15) is 0 Å². The van der Waals surface area contributed by atoms with E-state index in [9.17, 15) is 4.79 Å². The zero-order chi connectivity index (χ0) is 21.8. The van der Waals surface area contributed by atoms with E-state index in [0.717, 1.165) is 56.8 Å². The molecule has 4 aromatic rings. The number of nitrogens with one attached hydrogen (secondary N) is 1. The van der Waals surface area contributed by atoms with Gasteiger partial charge in [-0.25, -0.2) is 4.79 Å². The Morgan fingerprint density at radius 2 is 1.81 bits per heavy atom. The molecule has 5 heteroatoms. The van der Waals surface area contributed by atoms with E-state index in [0.29, 0.717) is 5.02 Å². The Balaban J connectivity index is 1.92. The number of nitrogens with zero attached hydrogens (tertiary/aromatic N) is 1. The molecule has 0 fully saturated rings. The van der Waals surface area contributed by atoms with Crippen LogP contribution >= 0.6 is 11.6 Å². The zero-order valence-electron chi connectivity index (χ0n) is 17.0. The van der Waals surface area contributed by atoms with Gasteiger partial charge in [0.2, 0.25) is 0 Å². The van der Waals surface area contributed by atoms with Crippen LogP contribution in [0.2, 0.25) is 5.02 Å². The number of aliphatic carboxylic acids is 1. The molecule has 1 aromatic heterocycles. The van der Waals surface area contributed by atoms with Crippen LogP contribution < -0.4 is 0 Å². The average molecular weight is 429 g/mol. The largest absolute Gasteiger partial charge is 0.478 e. The van der Waals surface area contributed by atoms with Crippen LogP contribution in [0.25, 0.3) is 28.1 Å². The summed E-state index contributed by atoms with van der Waals surface area (Å²) in [5.41, 5.74) is 7.14. The van der Waals surface area contributed by atoms with Gasteiger partial charge in [0.05, 0.1) is 11.7 Å². The highest BCUT2D eigenvalue weighted by Gasteiger charge is 2.15. The normalized spacial score (nSPS) is 12.3. The Bertz CT molecular complexity index is 1300. The van der Waals surface area contributed by atoms with Gasteiger partial charge in [-0.05, 0) is 64.1 Å². The Hall–Kier alpha value is -3.63. The zero-order valence-corrected chi connectivity index (χ0v) is 17.7. The number of hydrogen-bond acceptors (Lipinski definition) is 2. The number of carbonyl (C=O) groups is 1. The highest BCUT2D eigenvalue weighted by atomic mass is 35.5. The van der Waals surface area contributed by atoms with Gasteiger partial charge in [0.25, 0.3) is 0 Å². The van der Waals surface area contributed by atoms with Gasteiger partial charge >= 0.3 is 5.97 Å². The van der Waals surface area contributed by atoms with Crippen LogP contribution in [0, 0.1) is 0 Å². The van der Waals surface area contributed by atoms with Gasteiger partial charge in [0.15, 0.2) is 0 Å². The molecule has 0 atom stereocenters. The fourth-order valence-electron chi connectivity index (χ4n) is 3.75. The fraction of sp³-hybridized carbons (Fsp3) is 0.0769. The Morgan fingerprint density at radius 1 is 1.06 bits per heavy atom. The Kier molecular flexibility index (Phi) is 6.01. The van der Waals surface area contributed by atoms with Crippen LogP contribution in [0.1, 0.15) is 35.6 Å². The highest BCUT2D eigenvalue weighted by molar-refractivity contribution is 6.32. The van der Waals surface area contributed by atoms with Gasteiger partial charge in [0, 0.05) is 16.5 Å². The van der Waals surface area contributed by atoms with E-state index in [1.54, 1.807) is 6.08 Å². The molecule has 0 radical (unpaired) electrons. The van der Waals surface area contributed by atoms with Crippen LogP contribution in [0.3, 0.4) is 0 Å². The van der Waals surface area contributed by atoms with E-state index in [1.165, 1.54) is 0 Å². The lowest BCUT2D eigenvalue weighted by Gasteiger charge is -2.17. The molecule has 1 heterocycles. The first-order valence-electron chi connectivity index (χ1n) is 10.00. The maximum Gasteiger partial charge on any atom is 0.328 e. The molecular formula is C26H21ClN2O2. The summed E-state index contributed by atoms with van der Waals surface area (Å²) in [6, 6.07) is 22.0. The number of carboxylic acids is 1. The van der Waals surface area contributed by atoms with Crippen LogP contribution in [0.5, 0.6) is 0 Å². The predicted octanol–water partition coefficient (Wildman–Crippen LogP) is 6.68. The van der Waals surface area contributed by atoms with Crippen molar-refractivity contribution in [3.05, 3.63) is 106 Å². The van der Waals surface area contributed by atoms with Gasteiger partial charge < -0.3 is 5.11 Å². The maximum atomic E-state index is 10.8. The summed E-state index contributed by atoms with van der Waals surface area (Å²) in [4.78, 5) is 10.8. The van der Waals surface area contributed by atoms with Crippen molar-refractivity contribution in [2.75, 3.05) is 0 Å². The molecule has 154 valence electrons. The van der Waals surface area contributed by atoms with E-state index >= 15 is 0 Å². The number of fused-ring (bicyclic) bond motifs is 1. The standard InChI is InChI=1S/C26H21ClN2O2/c1-2-21(22-5-3-4-6-23(22)27)26(19-12-13-24-20(15-19)16-28-29-24)18-10-7-17(8-11-18)9-14-25(30)31/h3-16H,2H2,1H3,(H,28,29)(H,30,31)/b14-9?,26-21+. The number of halogens is 1. The first kappa shape index (κ1) is 20.6. The number of allylic oxidation sites excluding steroid dienone is 1. The second-order valence-electron chi connectivity index (χ2n) is 7.15.